The van der Waals surface area contributed by atoms with Crippen LogP contribution in [0.5, 0.6) is 0 Å². The van der Waals surface area contributed by atoms with Crippen LogP contribution in [0.2, 0.25) is 0 Å². The van der Waals surface area contributed by atoms with Crippen molar-refractivity contribution in [1.82, 2.24) is 5.32 Å². The van der Waals surface area contributed by atoms with E-state index in [1.807, 2.05) is 6.07 Å². The standard InChI is InChI=1S/C15H16N2/c1-10(2)16-14-9-5-7-12-11-6-3-4-8-13(11)17-15(12)14/h3-10,14,16H,1-2H3. The second-order valence-corrected chi connectivity index (χ2v) is 4.78. The van der Waals surface area contributed by atoms with Crippen molar-refractivity contribution in [2.75, 3.05) is 0 Å². The van der Waals surface area contributed by atoms with Crippen LogP contribution in [0.1, 0.15) is 19.4 Å². The SMILES string of the molecule is CC(C)NC1C=CC=C2C1=Nc1ccccc12. The molecule has 1 N–H and O–H groups in total. The van der Waals surface area contributed by atoms with Gasteiger partial charge in [0.15, 0.2) is 0 Å². The molecule has 86 valence electrons. The Morgan fingerprint density at radius 2 is 2.06 bits per heavy atom. The van der Waals surface area contributed by atoms with E-state index in [1.54, 1.807) is 0 Å². The second kappa shape index (κ2) is 3.97. The Kier molecular flexibility index (Phi) is 2.45. The number of allylic oxidation sites excluding steroid dienone is 2. The average molecular weight is 224 g/mol. The van der Waals surface area contributed by atoms with Gasteiger partial charge in [-0.1, -0.05) is 36.4 Å². The predicted molar refractivity (Wildman–Crippen MR) is 72.7 cm³/mol. The molecule has 2 heteroatoms. The summed E-state index contributed by atoms with van der Waals surface area (Å²) >= 11 is 0. The minimum absolute atomic E-state index is 0.238. The van der Waals surface area contributed by atoms with E-state index < -0.39 is 0 Å². The number of nitrogens with zero attached hydrogens (tertiary/aromatic N) is 1. The minimum Gasteiger partial charge on any atom is -0.303 e. The van der Waals surface area contributed by atoms with Crippen molar-refractivity contribution in [3.8, 4) is 0 Å². The molecule has 2 nitrogen and oxygen atoms in total. The van der Waals surface area contributed by atoms with E-state index in [0.717, 1.165) is 11.4 Å². The first-order valence-electron chi connectivity index (χ1n) is 6.08. The first kappa shape index (κ1) is 10.5. The van der Waals surface area contributed by atoms with Gasteiger partial charge in [-0.15, -0.1) is 0 Å². The van der Waals surface area contributed by atoms with Crippen molar-refractivity contribution < 1.29 is 0 Å². The summed E-state index contributed by atoms with van der Waals surface area (Å²) in [5.74, 6) is 0. The number of para-hydroxylation sites is 1. The van der Waals surface area contributed by atoms with E-state index >= 15 is 0 Å². The van der Waals surface area contributed by atoms with E-state index in [4.69, 9.17) is 4.99 Å². The number of benzene rings is 1. The zero-order valence-electron chi connectivity index (χ0n) is 10.1. The van der Waals surface area contributed by atoms with E-state index in [-0.39, 0.29) is 6.04 Å². The number of hydrogen-bond acceptors (Lipinski definition) is 2. The van der Waals surface area contributed by atoms with Crippen molar-refractivity contribution in [3.05, 3.63) is 48.1 Å². The Morgan fingerprint density at radius 3 is 2.88 bits per heavy atom. The van der Waals surface area contributed by atoms with Gasteiger partial charge in [0.1, 0.15) is 0 Å². The van der Waals surface area contributed by atoms with Crippen LogP contribution in [0.3, 0.4) is 0 Å². The van der Waals surface area contributed by atoms with Crippen LogP contribution in [-0.4, -0.2) is 17.8 Å². The molecule has 1 aromatic carbocycles. The lowest BCUT2D eigenvalue weighted by atomic mass is 9.94. The lowest BCUT2D eigenvalue weighted by molar-refractivity contribution is 0.593. The van der Waals surface area contributed by atoms with Crippen LogP contribution in [-0.2, 0) is 0 Å². The molecule has 1 aliphatic carbocycles. The molecule has 0 spiro atoms. The number of nitrogens with one attached hydrogen (secondary N) is 1. The lowest BCUT2D eigenvalue weighted by Gasteiger charge is -2.21. The van der Waals surface area contributed by atoms with Gasteiger partial charge in [-0.25, -0.2) is 0 Å². The van der Waals surface area contributed by atoms with E-state index in [2.05, 4.69) is 55.6 Å². The zero-order valence-corrected chi connectivity index (χ0v) is 10.1. The maximum atomic E-state index is 4.74. The van der Waals surface area contributed by atoms with Gasteiger partial charge in [-0.05, 0) is 19.9 Å². The minimum atomic E-state index is 0.238. The molecule has 3 rings (SSSR count). The van der Waals surface area contributed by atoms with Gasteiger partial charge in [0.05, 0.1) is 17.4 Å². The molecule has 0 bridgehead atoms. The summed E-state index contributed by atoms with van der Waals surface area (Å²) in [7, 11) is 0. The topological polar surface area (TPSA) is 24.4 Å². The van der Waals surface area contributed by atoms with Crippen LogP contribution in [0, 0.1) is 0 Å². The third kappa shape index (κ3) is 1.75. The monoisotopic (exact) mass is 224 g/mol. The molecule has 0 radical (unpaired) electrons. The first-order valence-corrected chi connectivity index (χ1v) is 6.08. The molecular weight excluding hydrogens is 208 g/mol. The fourth-order valence-corrected chi connectivity index (χ4v) is 2.39. The third-order valence-corrected chi connectivity index (χ3v) is 3.09. The molecule has 1 aliphatic heterocycles. The first-order chi connectivity index (χ1) is 8.25. The molecule has 1 aromatic rings. The van der Waals surface area contributed by atoms with Crippen LogP contribution in [0.25, 0.3) is 5.57 Å². The van der Waals surface area contributed by atoms with Crippen LogP contribution < -0.4 is 5.32 Å². The Morgan fingerprint density at radius 1 is 1.24 bits per heavy atom. The Balaban J connectivity index is 2.01. The Labute approximate surface area is 102 Å². The van der Waals surface area contributed by atoms with Crippen molar-refractivity contribution >= 4 is 17.0 Å². The quantitative estimate of drug-likeness (QED) is 0.820. The highest BCUT2D eigenvalue weighted by atomic mass is 15.0. The van der Waals surface area contributed by atoms with Crippen molar-refractivity contribution in [2.45, 2.75) is 25.9 Å². The Hall–Kier alpha value is -1.67. The molecule has 1 unspecified atom stereocenters. The van der Waals surface area contributed by atoms with E-state index in [9.17, 15) is 0 Å². The number of hydrogen-bond donors (Lipinski definition) is 1. The zero-order chi connectivity index (χ0) is 11.8. The summed E-state index contributed by atoms with van der Waals surface area (Å²) in [4.78, 5) is 4.74. The number of aliphatic imine (C=N–C) groups is 1. The molecule has 17 heavy (non-hydrogen) atoms. The fourth-order valence-electron chi connectivity index (χ4n) is 2.39. The molecule has 2 aliphatic rings. The second-order valence-electron chi connectivity index (χ2n) is 4.78. The molecular formula is C15H16N2. The van der Waals surface area contributed by atoms with Gasteiger partial charge >= 0.3 is 0 Å². The van der Waals surface area contributed by atoms with Gasteiger partial charge < -0.3 is 5.32 Å². The number of rotatable bonds is 2. The maximum Gasteiger partial charge on any atom is 0.0713 e. The number of fused-ring (bicyclic) bond motifs is 3. The maximum absolute atomic E-state index is 4.74. The molecule has 0 saturated carbocycles. The van der Waals surface area contributed by atoms with Gasteiger partial charge in [0.25, 0.3) is 0 Å². The highest BCUT2D eigenvalue weighted by Gasteiger charge is 2.27. The summed E-state index contributed by atoms with van der Waals surface area (Å²) in [5, 5.41) is 3.53. The average Bonchev–Trinajstić information content (AvgIpc) is 2.68. The lowest BCUT2D eigenvalue weighted by Crippen LogP contribution is -2.40. The van der Waals surface area contributed by atoms with Gasteiger partial charge in [-0.3, -0.25) is 4.99 Å². The molecule has 0 fully saturated rings. The highest BCUT2D eigenvalue weighted by molar-refractivity contribution is 6.32. The van der Waals surface area contributed by atoms with Crippen molar-refractivity contribution in [3.63, 3.8) is 0 Å². The van der Waals surface area contributed by atoms with Gasteiger partial charge in [0.2, 0.25) is 0 Å². The largest absolute Gasteiger partial charge is 0.303 e. The van der Waals surface area contributed by atoms with Crippen LogP contribution in [0.15, 0.2) is 47.5 Å². The third-order valence-electron chi connectivity index (χ3n) is 3.09. The summed E-state index contributed by atoms with van der Waals surface area (Å²) in [6.45, 7) is 4.32. The van der Waals surface area contributed by atoms with Gasteiger partial charge in [0, 0.05) is 17.2 Å². The van der Waals surface area contributed by atoms with E-state index in [0.29, 0.717) is 6.04 Å². The summed E-state index contributed by atoms with van der Waals surface area (Å²) in [5.41, 5.74) is 4.76. The van der Waals surface area contributed by atoms with Crippen LogP contribution >= 0.6 is 0 Å². The predicted octanol–water partition coefficient (Wildman–Crippen LogP) is 3.09. The summed E-state index contributed by atoms with van der Waals surface area (Å²) in [6, 6.07) is 9.02. The summed E-state index contributed by atoms with van der Waals surface area (Å²) < 4.78 is 0. The highest BCUT2D eigenvalue weighted by Crippen LogP contribution is 2.37. The van der Waals surface area contributed by atoms with E-state index in [1.165, 1.54) is 11.1 Å². The molecule has 0 saturated heterocycles. The smallest absolute Gasteiger partial charge is 0.0713 e. The normalized spacial score (nSPS) is 21.0. The molecule has 1 heterocycles. The van der Waals surface area contributed by atoms with Gasteiger partial charge in [-0.2, -0.15) is 0 Å². The molecule has 1 atom stereocenters. The molecule has 0 aromatic heterocycles. The van der Waals surface area contributed by atoms with Crippen molar-refractivity contribution in [1.29, 1.82) is 0 Å². The van der Waals surface area contributed by atoms with Crippen LogP contribution in [0.4, 0.5) is 5.69 Å². The summed E-state index contributed by atoms with van der Waals surface area (Å²) in [6.07, 6.45) is 6.45. The molecule has 0 amide bonds. The fraction of sp³-hybridized carbons (Fsp3) is 0.267. The Bertz CT molecular complexity index is 536. The van der Waals surface area contributed by atoms with Crippen molar-refractivity contribution in [2.24, 2.45) is 4.99 Å².